The largest absolute Gasteiger partial charge is 0.373 e. The Hall–Kier alpha value is -3.18. The second-order valence-electron chi connectivity index (χ2n) is 6.40. The van der Waals surface area contributed by atoms with E-state index < -0.39 is 0 Å². The molecule has 1 unspecified atom stereocenters. The lowest BCUT2D eigenvalue weighted by Crippen LogP contribution is -2.06. The highest BCUT2D eigenvalue weighted by Gasteiger charge is 2.23. The lowest BCUT2D eigenvalue weighted by Gasteiger charge is -2.13. The van der Waals surface area contributed by atoms with Crippen LogP contribution in [0, 0.1) is 0 Å². The predicted octanol–water partition coefficient (Wildman–Crippen LogP) is 5.20. The number of pyridine rings is 1. The minimum atomic E-state index is -0.0735. The number of aromatic nitrogens is 3. The van der Waals surface area contributed by atoms with Crippen LogP contribution in [-0.4, -0.2) is 22.2 Å². The van der Waals surface area contributed by atoms with Crippen molar-refractivity contribution in [2.75, 3.05) is 12.4 Å². The third-order valence-electron chi connectivity index (χ3n) is 4.58. The Kier molecular flexibility index (Phi) is 5.35. The van der Waals surface area contributed by atoms with Gasteiger partial charge in [-0.2, -0.15) is 4.98 Å². The maximum atomic E-state index is 6.07. The van der Waals surface area contributed by atoms with E-state index in [1.165, 1.54) is 5.56 Å². The highest BCUT2D eigenvalue weighted by atomic mass is 35.5. The van der Waals surface area contributed by atoms with Gasteiger partial charge in [0.15, 0.2) is 0 Å². The van der Waals surface area contributed by atoms with E-state index in [4.69, 9.17) is 21.1 Å². The summed E-state index contributed by atoms with van der Waals surface area (Å²) < 4.78 is 5.69. The van der Waals surface area contributed by atoms with Crippen LogP contribution in [-0.2, 0) is 6.42 Å². The van der Waals surface area contributed by atoms with Crippen LogP contribution >= 0.6 is 11.6 Å². The monoisotopic (exact) mass is 390 g/mol. The van der Waals surface area contributed by atoms with Gasteiger partial charge < -0.3 is 9.84 Å². The molecule has 2 aromatic heterocycles. The van der Waals surface area contributed by atoms with Crippen LogP contribution in [0.15, 0.2) is 77.4 Å². The Morgan fingerprint density at radius 1 is 1.00 bits per heavy atom. The van der Waals surface area contributed by atoms with E-state index in [1.54, 1.807) is 6.20 Å². The van der Waals surface area contributed by atoms with Gasteiger partial charge in [-0.15, -0.1) is 0 Å². The maximum absolute atomic E-state index is 6.07. The number of benzene rings is 2. The molecule has 0 spiro atoms. The molecule has 140 valence electrons. The third kappa shape index (κ3) is 3.89. The minimum absolute atomic E-state index is 0.0735. The zero-order chi connectivity index (χ0) is 19.3. The van der Waals surface area contributed by atoms with Gasteiger partial charge in [-0.1, -0.05) is 59.2 Å². The third-order valence-corrected chi connectivity index (χ3v) is 4.83. The van der Waals surface area contributed by atoms with E-state index in [1.807, 2.05) is 61.6 Å². The molecular formula is C22H19ClN4O. The van der Waals surface area contributed by atoms with E-state index >= 15 is 0 Å². The zero-order valence-electron chi connectivity index (χ0n) is 15.3. The molecule has 2 heterocycles. The van der Waals surface area contributed by atoms with Crippen LogP contribution < -0.4 is 5.32 Å². The summed E-state index contributed by atoms with van der Waals surface area (Å²) in [5.74, 6) is 1.71. The van der Waals surface area contributed by atoms with Crippen molar-refractivity contribution in [3.63, 3.8) is 0 Å². The Bertz CT molecular complexity index is 1050. The molecule has 0 aliphatic heterocycles. The molecule has 0 fully saturated rings. The summed E-state index contributed by atoms with van der Waals surface area (Å²) in [7, 11) is 1.82. The molecule has 0 saturated carbocycles. The predicted molar refractivity (Wildman–Crippen MR) is 111 cm³/mol. The normalized spacial score (nSPS) is 11.9. The SMILES string of the molecule is CNc1ncccc1-c1noc(C(Cc2ccccc2)c2ccc(Cl)cc2)n1. The first-order valence-electron chi connectivity index (χ1n) is 9.00. The molecule has 0 radical (unpaired) electrons. The first-order chi connectivity index (χ1) is 13.7. The topological polar surface area (TPSA) is 63.8 Å². The van der Waals surface area contributed by atoms with Crippen molar-refractivity contribution in [3.05, 3.63) is 95.0 Å². The lowest BCUT2D eigenvalue weighted by atomic mass is 9.92. The molecule has 0 aliphatic rings. The highest BCUT2D eigenvalue weighted by molar-refractivity contribution is 6.30. The molecule has 6 heteroatoms. The summed E-state index contributed by atoms with van der Waals surface area (Å²) in [6, 6.07) is 21.8. The Balaban J connectivity index is 1.72. The van der Waals surface area contributed by atoms with Crippen molar-refractivity contribution in [3.8, 4) is 11.4 Å². The van der Waals surface area contributed by atoms with Crippen molar-refractivity contribution in [1.82, 2.24) is 15.1 Å². The van der Waals surface area contributed by atoms with Crippen LogP contribution in [0.3, 0.4) is 0 Å². The average Bonchev–Trinajstić information content (AvgIpc) is 3.23. The molecule has 0 saturated heterocycles. The summed E-state index contributed by atoms with van der Waals surface area (Å²) in [5, 5.41) is 7.97. The number of halogens is 1. The standard InChI is InChI=1S/C22H19ClN4O/c1-24-20-18(8-5-13-25-20)21-26-22(28-27-21)19(14-15-6-3-2-4-7-15)16-9-11-17(23)12-10-16/h2-13,19H,14H2,1H3,(H,24,25). The number of nitrogens with zero attached hydrogens (tertiary/aromatic N) is 3. The molecule has 5 nitrogen and oxygen atoms in total. The fourth-order valence-corrected chi connectivity index (χ4v) is 3.29. The second kappa shape index (κ2) is 8.23. The smallest absolute Gasteiger partial charge is 0.234 e. The van der Waals surface area contributed by atoms with E-state index in [9.17, 15) is 0 Å². The van der Waals surface area contributed by atoms with E-state index in [-0.39, 0.29) is 5.92 Å². The number of anilines is 1. The molecule has 2 aromatic carbocycles. The fourth-order valence-electron chi connectivity index (χ4n) is 3.16. The molecule has 4 rings (SSSR count). The van der Waals surface area contributed by atoms with Gasteiger partial charge >= 0.3 is 0 Å². The Labute approximate surface area is 168 Å². The van der Waals surface area contributed by atoms with Crippen LogP contribution in [0.5, 0.6) is 0 Å². The molecule has 0 aliphatic carbocycles. The van der Waals surface area contributed by atoms with E-state index in [0.29, 0.717) is 22.6 Å². The molecule has 28 heavy (non-hydrogen) atoms. The molecule has 0 bridgehead atoms. The average molecular weight is 391 g/mol. The van der Waals surface area contributed by atoms with Crippen LogP contribution in [0.4, 0.5) is 5.82 Å². The van der Waals surface area contributed by atoms with Gasteiger partial charge in [-0.3, -0.25) is 0 Å². The molecule has 1 atom stereocenters. The summed E-state index contributed by atoms with van der Waals surface area (Å²) in [4.78, 5) is 9.01. The fraction of sp³-hybridized carbons (Fsp3) is 0.136. The van der Waals surface area contributed by atoms with Gasteiger partial charge in [0, 0.05) is 18.3 Å². The Morgan fingerprint density at radius 3 is 2.54 bits per heavy atom. The first-order valence-corrected chi connectivity index (χ1v) is 9.38. The molecule has 0 amide bonds. The van der Waals surface area contributed by atoms with Crippen molar-refractivity contribution < 1.29 is 4.52 Å². The number of rotatable bonds is 6. The van der Waals surface area contributed by atoms with Crippen molar-refractivity contribution in [1.29, 1.82) is 0 Å². The second-order valence-corrected chi connectivity index (χ2v) is 6.84. The van der Waals surface area contributed by atoms with Gasteiger partial charge in [-0.05, 0) is 41.8 Å². The summed E-state index contributed by atoms with van der Waals surface area (Å²) in [5.41, 5.74) is 3.07. The maximum Gasteiger partial charge on any atom is 0.234 e. The summed E-state index contributed by atoms with van der Waals surface area (Å²) in [6.45, 7) is 0. The van der Waals surface area contributed by atoms with Gasteiger partial charge in [0.1, 0.15) is 5.82 Å². The van der Waals surface area contributed by atoms with Crippen molar-refractivity contribution >= 4 is 17.4 Å². The number of hydrogen-bond donors (Lipinski definition) is 1. The number of nitrogens with one attached hydrogen (secondary N) is 1. The highest BCUT2D eigenvalue weighted by Crippen LogP contribution is 2.31. The Morgan fingerprint density at radius 2 is 1.79 bits per heavy atom. The number of hydrogen-bond acceptors (Lipinski definition) is 5. The summed E-state index contributed by atoms with van der Waals surface area (Å²) >= 11 is 6.07. The van der Waals surface area contributed by atoms with Gasteiger partial charge in [0.05, 0.1) is 11.5 Å². The molecular weight excluding hydrogens is 372 g/mol. The van der Waals surface area contributed by atoms with Gasteiger partial charge in [0.25, 0.3) is 0 Å². The minimum Gasteiger partial charge on any atom is -0.373 e. The van der Waals surface area contributed by atoms with Gasteiger partial charge in [-0.25, -0.2) is 4.98 Å². The van der Waals surface area contributed by atoms with E-state index in [0.717, 1.165) is 17.5 Å². The van der Waals surface area contributed by atoms with E-state index in [2.05, 4.69) is 27.6 Å². The van der Waals surface area contributed by atoms with Crippen LogP contribution in [0.25, 0.3) is 11.4 Å². The first kappa shape index (κ1) is 18.2. The molecule has 4 aromatic rings. The van der Waals surface area contributed by atoms with Crippen molar-refractivity contribution in [2.45, 2.75) is 12.3 Å². The van der Waals surface area contributed by atoms with Crippen LogP contribution in [0.1, 0.15) is 22.9 Å². The molecule has 1 N–H and O–H groups in total. The zero-order valence-corrected chi connectivity index (χ0v) is 16.1. The quantitative estimate of drug-likeness (QED) is 0.490. The summed E-state index contributed by atoms with van der Waals surface area (Å²) in [6.07, 6.45) is 2.47. The van der Waals surface area contributed by atoms with Crippen molar-refractivity contribution in [2.24, 2.45) is 0 Å². The van der Waals surface area contributed by atoms with Gasteiger partial charge in [0.2, 0.25) is 11.7 Å². The lowest BCUT2D eigenvalue weighted by molar-refractivity contribution is 0.365. The van der Waals surface area contributed by atoms with Crippen LogP contribution in [0.2, 0.25) is 5.02 Å².